The van der Waals surface area contributed by atoms with E-state index in [0.717, 1.165) is 26.9 Å². The summed E-state index contributed by atoms with van der Waals surface area (Å²) in [6.45, 7) is 4.22. The minimum atomic E-state index is -0.210. The summed E-state index contributed by atoms with van der Waals surface area (Å²) in [6.07, 6.45) is 1.73. The number of benzene rings is 2. The summed E-state index contributed by atoms with van der Waals surface area (Å²) < 4.78 is 3.11. The molecule has 0 saturated carbocycles. The van der Waals surface area contributed by atoms with Gasteiger partial charge in [0.1, 0.15) is 4.83 Å². The van der Waals surface area contributed by atoms with Crippen LogP contribution in [0.1, 0.15) is 0 Å². The SMILES string of the molecule is C=CCn1c(=O)n2nc(-c3ccccc3)nc2c2c(-c3ccccc3)csc21. The molecule has 0 fully saturated rings. The van der Waals surface area contributed by atoms with Crippen LogP contribution >= 0.6 is 11.3 Å². The maximum absolute atomic E-state index is 13.1. The topological polar surface area (TPSA) is 52.2 Å². The van der Waals surface area contributed by atoms with E-state index in [1.54, 1.807) is 22.0 Å². The van der Waals surface area contributed by atoms with E-state index in [9.17, 15) is 4.79 Å². The second kappa shape index (κ2) is 6.58. The molecular weight excluding hydrogens is 368 g/mol. The summed E-state index contributed by atoms with van der Waals surface area (Å²) in [5.74, 6) is 0.542. The van der Waals surface area contributed by atoms with Crippen LogP contribution in [0.3, 0.4) is 0 Å². The van der Waals surface area contributed by atoms with Gasteiger partial charge in [-0.1, -0.05) is 66.7 Å². The van der Waals surface area contributed by atoms with Crippen molar-refractivity contribution in [2.45, 2.75) is 6.54 Å². The molecule has 2 aromatic carbocycles. The van der Waals surface area contributed by atoms with E-state index < -0.39 is 0 Å². The highest BCUT2D eigenvalue weighted by molar-refractivity contribution is 7.17. The third-order valence-corrected chi connectivity index (χ3v) is 5.69. The van der Waals surface area contributed by atoms with E-state index in [1.165, 1.54) is 4.52 Å². The van der Waals surface area contributed by atoms with E-state index in [0.29, 0.717) is 18.0 Å². The molecule has 0 N–H and O–H groups in total. The van der Waals surface area contributed by atoms with Gasteiger partial charge in [0.15, 0.2) is 11.5 Å². The summed E-state index contributed by atoms with van der Waals surface area (Å²) in [4.78, 5) is 18.7. The lowest BCUT2D eigenvalue weighted by atomic mass is 10.1. The molecular formula is C22H16N4OS. The molecule has 0 saturated heterocycles. The first-order valence-corrected chi connectivity index (χ1v) is 9.78. The second-order valence-corrected chi connectivity index (χ2v) is 7.27. The minimum absolute atomic E-state index is 0.210. The van der Waals surface area contributed by atoms with Crippen molar-refractivity contribution in [2.75, 3.05) is 0 Å². The fraction of sp³-hybridized carbons (Fsp3) is 0.0455. The number of fused-ring (bicyclic) bond motifs is 3. The molecule has 28 heavy (non-hydrogen) atoms. The fourth-order valence-electron chi connectivity index (χ4n) is 3.40. The lowest BCUT2D eigenvalue weighted by molar-refractivity contribution is 0.733. The molecule has 0 aliphatic heterocycles. The molecule has 5 nitrogen and oxygen atoms in total. The van der Waals surface area contributed by atoms with Crippen LogP contribution in [-0.4, -0.2) is 19.2 Å². The average Bonchev–Trinajstić information content (AvgIpc) is 3.37. The van der Waals surface area contributed by atoms with Gasteiger partial charge in [-0.25, -0.2) is 9.78 Å². The van der Waals surface area contributed by atoms with E-state index in [-0.39, 0.29) is 5.69 Å². The van der Waals surface area contributed by atoms with Gasteiger partial charge in [-0.05, 0) is 5.56 Å². The number of hydrogen-bond acceptors (Lipinski definition) is 4. The van der Waals surface area contributed by atoms with Crippen LogP contribution in [0.25, 0.3) is 38.4 Å². The highest BCUT2D eigenvalue weighted by Gasteiger charge is 2.20. The zero-order valence-corrected chi connectivity index (χ0v) is 15.8. The monoisotopic (exact) mass is 384 g/mol. The summed E-state index contributed by atoms with van der Waals surface area (Å²) in [6, 6.07) is 19.8. The van der Waals surface area contributed by atoms with Gasteiger partial charge in [-0.2, -0.15) is 4.52 Å². The number of aromatic nitrogens is 4. The number of hydrogen-bond donors (Lipinski definition) is 0. The molecule has 3 aromatic heterocycles. The number of thiophene rings is 1. The largest absolute Gasteiger partial charge is 0.352 e. The summed E-state index contributed by atoms with van der Waals surface area (Å²) in [5, 5.41) is 7.55. The summed E-state index contributed by atoms with van der Waals surface area (Å²) in [7, 11) is 0. The summed E-state index contributed by atoms with van der Waals surface area (Å²) in [5.41, 5.74) is 3.39. The van der Waals surface area contributed by atoms with Crippen LogP contribution in [0.5, 0.6) is 0 Å². The Balaban J connectivity index is 1.90. The Bertz CT molecular complexity index is 1360. The maximum Gasteiger partial charge on any atom is 0.352 e. The number of rotatable bonds is 4. The van der Waals surface area contributed by atoms with Gasteiger partial charge < -0.3 is 0 Å². The predicted octanol–water partition coefficient (Wildman–Crippen LogP) is 4.63. The van der Waals surface area contributed by atoms with E-state index in [2.05, 4.69) is 29.2 Å². The van der Waals surface area contributed by atoms with Crippen molar-refractivity contribution in [1.29, 1.82) is 0 Å². The third-order valence-electron chi connectivity index (χ3n) is 4.69. The standard InChI is InChI=1S/C22H16N4OS/c1-2-13-25-21-18(17(14-28-21)15-9-5-3-6-10-15)20-23-19(24-26(20)22(25)27)16-11-7-4-8-12-16/h2-12,14H,1,13H2. The minimum Gasteiger partial charge on any atom is -0.279 e. The van der Waals surface area contributed by atoms with Gasteiger partial charge in [0.25, 0.3) is 0 Å². The Hall–Kier alpha value is -3.51. The molecule has 0 amide bonds. The van der Waals surface area contributed by atoms with Crippen LogP contribution in [0.15, 0.2) is 83.5 Å². The number of allylic oxidation sites excluding steroid dienone is 1. The molecule has 3 heterocycles. The van der Waals surface area contributed by atoms with E-state index in [1.807, 2.05) is 48.5 Å². The average molecular weight is 384 g/mol. The lowest BCUT2D eigenvalue weighted by Crippen LogP contribution is -2.27. The third kappa shape index (κ3) is 2.50. The van der Waals surface area contributed by atoms with Crippen molar-refractivity contribution < 1.29 is 0 Å². The van der Waals surface area contributed by atoms with Gasteiger partial charge >= 0.3 is 5.69 Å². The molecule has 0 aliphatic carbocycles. The molecule has 0 aliphatic rings. The zero-order valence-electron chi connectivity index (χ0n) is 14.9. The highest BCUT2D eigenvalue weighted by Crippen LogP contribution is 2.35. The normalized spacial score (nSPS) is 11.3. The van der Waals surface area contributed by atoms with Crippen molar-refractivity contribution >= 4 is 27.2 Å². The Morgan fingerprint density at radius 3 is 2.36 bits per heavy atom. The van der Waals surface area contributed by atoms with Crippen LogP contribution in [0.2, 0.25) is 0 Å². The fourth-order valence-corrected chi connectivity index (χ4v) is 4.48. The molecule has 136 valence electrons. The highest BCUT2D eigenvalue weighted by atomic mass is 32.1. The van der Waals surface area contributed by atoms with Crippen molar-refractivity contribution in [2.24, 2.45) is 0 Å². The van der Waals surface area contributed by atoms with Gasteiger partial charge in [0.2, 0.25) is 0 Å². The van der Waals surface area contributed by atoms with Gasteiger partial charge in [-0.3, -0.25) is 4.57 Å². The summed E-state index contributed by atoms with van der Waals surface area (Å²) >= 11 is 1.54. The first-order chi connectivity index (χ1) is 13.8. The molecule has 0 atom stereocenters. The lowest BCUT2D eigenvalue weighted by Gasteiger charge is -2.06. The molecule has 5 aromatic rings. The van der Waals surface area contributed by atoms with Crippen molar-refractivity contribution in [3.63, 3.8) is 0 Å². The van der Waals surface area contributed by atoms with Crippen LogP contribution < -0.4 is 5.69 Å². The molecule has 0 bridgehead atoms. The van der Waals surface area contributed by atoms with Crippen molar-refractivity contribution in [3.8, 4) is 22.5 Å². The van der Waals surface area contributed by atoms with E-state index >= 15 is 0 Å². The molecule has 0 unspecified atom stereocenters. The predicted molar refractivity (Wildman–Crippen MR) is 114 cm³/mol. The van der Waals surface area contributed by atoms with Crippen LogP contribution in [-0.2, 0) is 6.54 Å². The number of nitrogens with zero attached hydrogens (tertiary/aromatic N) is 4. The molecule has 0 spiro atoms. The van der Waals surface area contributed by atoms with Crippen LogP contribution in [0, 0.1) is 0 Å². The van der Waals surface area contributed by atoms with Crippen molar-refractivity contribution in [3.05, 3.63) is 89.2 Å². The first-order valence-electron chi connectivity index (χ1n) is 8.90. The maximum atomic E-state index is 13.1. The van der Waals surface area contributed by atoms with Gasteiger partial charge in [0.05, 0.1) is 5.39 Å². The molecule has 0 radical (unpaired) electrons. The smallest absolute Gasteiger partial charge is 0.279 e. The van der Waals surface area contributed by atoms with Crippen molar-refractivity contribution in [1.82, 2.24) is 19.2 Å². The second-order valence-electron chi connectivity index (χ2n) is 6.41. The molecule has 5 rings (SSSR count). The first kappa shape index (κ1) is 16.6. The van der Waals surface area contributed by atoms with E-state index in [4.69, 9.17) is 4.98 Å². The van der Waals surface area contributed by atoms with Gasteiger partial charge in [-0.15, -0.1) is 23.0 Å². The molecule has 6 heteroatoms. The zero-order chi connectivity index (χ0) is 19.1. The van der Waals surface area contributed by atoms with Gasteiger partial charge in [0, 0.05) is 23.1 Å². The Labute approximate surface area is 164 Å². The van der Waals surface area contributed by atoms with Crippen LogP contribution in [0.4, 0.5) is 0 Å². The Morgan fingerprint density at radius 1 is 1.00 bits per heavy atom. The Morgan fingerprint density at radius 2 is 1.68 bits per heavy atom. The quantitative estimate of drug-likeness (QED) is 0.425. The Kier molecular flexibility index (Phi) is 3.91.